The SMILES string of the molecule is Cc1cccc(-c2nnc([C@H](C)Nc3ccc(N4CCCC4=O)cc3)o2)c1. The predicted molar refractivity (Wildman–Crippen MR) is 105 cm³/mol. The molecule has 1 fully saturated rings. The Morgan fingerprint density at radius 1 is 1.15 bits per heavy atom. The van der Waals surface area contributed by atoms with Crippen molar-refractivity contribution in [1.82, 2.24) is 10.2 Å². The summed E-state index contributed by atoms with van der Waals surface area (Å²) in [6.45, 7) is 4.81. The van der Waals surface area contributed by atoms with Gasteiger partial charge < -0.3 is 14.6 Å². The van der Waals surface area contributed by atoms with Crippen molar-refractivity contribution in [3.05, 3.63) is 60.0 Å². The van der Waals surface area contributed by atoms with Gasteiger partial charge in [-0.25, -0.2) is 0 Å². The fraction of sp³-hybridized carbons (Fsp3) is 0.286. The van der Waals surface area contributed by atoms with Gasteiger partial charge >= 0.3 is 0 Å². The molecule has 0 spiro atoms. The molecule has 4 rings (SSSR count). The van der Waals surface area contributed by atoms with E-state index in [1.165, 1.54) is 0 Å². The van der Waals surface area contributed by atoms with Crippen molar-refractivity contribution in [1.29, 1.82) is 0 Å². The summed E-state index contributed by atoms with van der Waals surface area (Å²) in [4.78, 5) is 13.7. The van der Waals surface area contributed by atoms with Crippen molar-refractivity contribution >= 4 is 17.3 Å². The number of hydrogen-bond acceptors (Lipinski definition) is 5. The first-order valence-electron chi connectivity index (χ1n) is 9.17. The molecule has 1 N–H and O–H groups in total. The van der Waals surface area contributed by atoms with Gasteiger partial charge in [-0.2, -0.15) is 0 Å². The van der Waals surface area contributed by atoms with Gasteiger partial charge in [0.2, 0.25) is 17.7 Å². The van der Waals surface area contributed by atoms with Crippen LogP contribution in [0.25, 0.3) is 11.5 Å². The molecule has 1 aliphatic rings. The lowest BCUT2D eigenvalue weighted by Crippen LogP contribution is -2.23. The van der Waals surface area contributed by atoms with E-state index in [2.05, 4.69) is 15.5 Å². The lowest BCUT2D eigenvalue weighted by atomic mass is 10.1. The Hall–Kier alpha value is -3.15. The van der Waals surface area contributed by atoms with Crippen molar-refractivity contribution in [3.63, 3.8) is 0 Å². The highest BCUT2D eigenvalue weighted by Gasteiger charge is 2.21. The van der Waals surface area contributed by atoms with E-state index in [4.69, 9.17) is 4.42 Å². The van der Waals surface area contributed by atoms with Gasteiger partial charge in [-0.1, -0.05) is 17.7 Å². The van der Waals surface area contributed by atoms with Gasteiger partial charge in [-0.15, -0.1) is 10.2 Å². The van der Waals surface area contributed by atoms with Crippen LogP contribution >= 0.6 is 0 Å². The molecule has 0 unspecified atom stereocenters. The van der Waals surface area contributed by atoms with Gasteiger partial charge in [-0.3, -0.25) is 4.79 Å². The number of anilines is 2. The maximum absolute atomic E-state index is 11.8. The standard InChI is InChI=1S/C21H22N4O2/c1-14-5-3-6-16(13-14)21-24-23-20(27-21)15(2)22-17-8-10-18(11-9-17)25-12-4-7-19(25)26/h3,5-6,8-11,13,15,22H,4,7,12H2,1-2H3/t15-/m0/s1. The molecule has 1 atom stereocenters. The largest absolute Gasteiger partial charge is 0.418 e. The first-order chi connectivity index (χ1) is 13.1. The second-order valence-corrected chi connectivity index (χ2v) is 6.88. The summed E-state index contributed by atoms with van der Waals surface area (Å²) in [7, 11) is 0. The molecule has 6 nitrogen and oxygen atoms in total. The molecule has 1 aliphatic heterocycles. The van der Waals surface area contributed by atoms with Crippen molar-refractivity contribution in [2.45, 2.75) is 32.7 Å². The Balaban J connectivity index is 1.45. The fourth-order valence-electron chi connectivity index (χ4n) is 3.27. The lowest BCUT2D eigenvalue weighted by molar-refractivity contribution is -0.117. The van der Waals surface area contributed by atoms with Crippen molar-refractivity contribution in [2.24, 2.45) is 0 Å². The Labute approximate surface area is 158 Å². The number of carbonyl (C=O) groups excluding carboxylic acids is 1. The summed E-state index contributed by atoms with van der Waals surface area (Å²) in [6.07, 6.45) is 1.56. The Bertz CT molecular complexity index is 949. The van der Waals surface area contributed by atoms with E-state index in [1.807, 2.05) is 67.3 Å². The van der Waals surface area contributed by atoms with Gasteiger partial charge in [0.1, 0.15) is 6.04 Å². The summed E-state index contributed by atoms with van der Waals surface area (Å²) in [5.41, 5.74) is 3.94. The van der Waals surface area contributed by atoms with E-state index >= 15 is 0 Å². The highest BCUT2D eigenvalue weighted by Crippen LogP contribution is 2.26. The van der Waals surface area contributed by atoms with Crippen molar-refractivity contribution in [3.8, 4) is 11.5 Å². The molecule has 1 amide bonds. The molecule has 6 heteroatoms. The van der Waals surface area contributed by atoms with Crippen molar-refractivity contribution in [2.75, 3.05) is 16.8 Å². The summed E-state index contributed by atoms with van der Waals surface area (Å²) < 4.78 is 5.84. The summed E-state index contributed by atoms with van der Waals surface area (Å²) in [6, 6.07) is 15.7. The number of carbonyl (C=O) groups is 1. The average molecular weight is 362 g/mol. The Kier molecular flexibility index (Phi) is 4.62. The number of aromatic nitrogens is 2. The van der Waals surface area contributed by atoms with Crippen LogP contribution in [0.5, 0.6) is 0 Å². The predicted octanol–water partition coefficient (Wildman–Crippen LogP) is 4.34. The number of aryl methyl sites for hydroxylation is 1. The molecule has 138 valence electrons. The zero-order valence-electron chi connectivity index (χ0n) is 15.5. The molecule has 2 aromatic carbocycles. The minimum Gasteiger partial charge on any atom is -0.418 e. The number of benzene rings is 2. The molecule has 0 aliphatic carbocycles. The minimum absolute atomic E-state index is 0.129. The van der Waals surface area contributed by atoms with E-state index in [-0.39, 0.29) is 11.9 Å². The number of hydrogen-bond donors (Lipinski definition) is 1. The zero-order valence-corrected chi connectivity index (χ0v) is 15.5. The molecule has 2 heterocycles. The van der Waals surface area contributed by atoms with Crippen LogP contribution in [0, 0.1) is 6.92 Å². The molecule has 3 aromatic rings. The summed E-state index contributed by atoms with van der Waals surface area (Å²) in [5.74, 6) is 1.24. The normalized spacial score (nSPS) is 15.2. The number of rotatable bonds is 5. The Morgan fingerprint density at radius 2 is 1.96 bits per heavy atom. The van der Waals surface area contributed by atoms with E-state index in [0.29, 0.717) is 18.2 Å². The van der Waals surface area contributed by atoms with Crippen LogP contribution in [-0.4, -0.2) is 22.6 Å². The van der Waals surface area contributed by atoms with Gasteiger partial charge in [-0.05, 0) is 56.7 Å². The smallest absolute Gasteiger partial charge is 0.247 e. The van der Waals surface area contributed by atoms with Gasteiger partial charge in [0.15, 0.2) is 0 Å². The third kappa shape index (κ3) is 3.69. The topological polar surface area (TPSA) is 71.3 Å². The monoisotopic (exact) mass is 362 g/mol. The third-order valence-corrected chi connectivity index (χ3v) is 4.71. The van der Waals surface area contributed by atoms with Gasteiger partial charge in [0, 0.05) is 29.9 Å². The molecular weight excluding hydrogens is 340 g/mol. The molecule has 27 heavy (non-hydrogen) atoms. The number of nitrogens with zero attached hydrogens (tertiary/aromatic N) is 3. The van der Waals surface area contributed by atoms with Crippen LogP contribution < -0.4 is 10.2 Å². The number of nitrogens with one attached hydrogen (secondary N) is 1. The van der Waals surface area contributed by atoms with E-state index in [0.717, 1.165) is 35.5 Å². The van der Waals surface area contributed by atoms with Crippen LogP contribution in [0.4, 0.5) is 11.4 Å². The molecule has 1 aromatic heterocycles. The first kappa shape index (κ1) is 17.3. The molecule has 0 saturated carbocycles. The second-order valence-electron chi connectivity index (χ2n) is 6.88. The lowest BCUT2D eigenvalue weighted by Gasteiger charge is -2.17. The van der Waals surface area contributed by atoms with E-state index in [1.54, 1.807) is 0 Å². The second kappa shape index (κ2) is 7.23. The van der Waals surface area contributed by atoms with Gasteiger partial charge in [0.25, 0.3) is 0 Å². The molecule has 1 saturated heterocycles. The minimum atomic E-state index is -0.129. The maximum Gasteiger partial charge on any atom is 0.247 e. The summed E-state index contributed by atoms with van der Waals surface area (Å²) >= 11 is 0. The first-order valence-corrected chi connectivity index (χ1v) is 9.17. The summed E-state index contributed by atoms with van der Waals surface area (Å²) in [5, 5.41) is 11.7. The van der Waals surface area contributed by atoms with Crippen LogP contribution in [0.3, 0.4) is 0 Å². The molecular formula is C21H22N4O2. The van der Waals surface area contributed by atoms with Gasteiger partial charge in [0.05, 0.1) is 0 Å². The fourth-order valence-corrected chi connectivity index (χ4v) is 3.27. The van der Waals surface area contributed by atoms with Crippen LogP contribution in [0.2, 0.25) is 0 Å². The van der Waals surface area contributed by atoms with Crippen LogP contribution in [0.1, 0.15) is 37.3 Å². The van der Waals surface area contributed by atoms with E-state index in [9.17, 15) is 4.79 Å². The van der Waals surface area contributed by atoms with Crippen LogP contribution in [0.15, 0.2) is 52.9 Å². The maximum atomic E-state index is 11.8. The number of amides is 1. The average Bonchev–Trinajstić information content (AvgIpc) is 3.32. The Morgan fingerprint density at radius 3 is 2.67 bits per heavy atom. The third-order valence-electron chi connectivity index (χ3n) is 4.71. The van der Waals surface area contributed by atoms with Crippen molar-refractivity contribution < 1.29 is 9.21 Å². The van der Waals surface area contributed by atoms with Crippen LogP contribution in [-0.2, 0) is 4.79 Å². The molecule has 0 radical (unpaired) electrons. The highest BCUT2D eigenvalue weighted by atomic mass is 16.4. The highest BCUT2D eigenvalue weighted by molar-refractivity contribution is 5.95. The quantitative estimate of drug-likeness (QED) is 0.731. The zero-order chi connectivity index (χ0) is 18.8. The molecule has 0 bridgehead atoms. The van der Waals surface area contributed by atoms with E-state index < -0.39 is 0 Å².